The number of rotatable bonds is 6. The fourth-order valence-electron chi connectivity index (χ4n) is 3.09. The van der Waals surface area contributed by atoms with Crippen LogP contribution in [0.15, 0.2) is 30.3 Å². The molecule has 0 atom stereocenters. The quantitative estimate of drug-likeness (QED) is 0.846. The van der Waals surface area contributed by atoms with Gasteiger partial charge in [-0.25, -0.2) is 4.79 Å². The number of aliphatic hydroxyl groups excluding tert-OH is 1. The van der Waals surface area contributed by atoms with Gasteiger partial charge in [0.2, 0.25) is 0 Å². The number of aliphatic hydroxyl groups is 1. The van der Waals surface area contributed by atoms with Crippen molar-refractivity contribution in [3.05, 3.63) is 35.9 Å². The van der Waals surface area contributed by atoms with Gasteiger partial charge in [0.15, 0.2) is 0 Å². The molecule has 21 heavy (non-hydrogen) atoms. The molecule has 4 heteroatoms. The maximum Gasteiger partial charge on any atom is 0.407 e. The fraction of sp³-hybridized carbons (Fsp3) is 0.588. The molecule has 2 rings (SSSR count). The number of hydrogen-bond acceptors (Lipinski definition) is 3. The van der Waals surface area contributed by atoms with Crippen molar-refractivity contribution in [2.24, 2.45) is 5.41 Å². The van der Waals surface area contributed by atoms with Crippen molar-refractivity contribution in [1.82, 2.24) is 5.32 Å². The Labute approximate surface area is 126 Å². The second-order valence-corrected chi connectivity index (χ2v) is 5.95. The van der Waals surface area contributed by atoms with Crippen LogP contribution in [0.25, 0.3) is 0 Å². The maximum absolute atomic E-state index is 11.8. The van der Waals surface area contributed by atoms with E-state index in [-0.39, 0.29) is 18.1 Å². The van der Waals surface area contributed by atoms with Crippen LogP contribution >= 0.6 is 0 Å². The lowest BCUT2D eigenvalue weighted by atomic mass is 9.72. The van der Waals surface area contributed by atoms with Gasteiger partial charge in [-0.3, -0.25) is 0 Å². The second-order valence-electron chi connectivity index (χ2n) is 5.95. The lowest BCUT2D eigenvalue weighted by Gasteiger charge is -2.37. The summed E-state index contributed by atoms with van der Waals surface area (Å²) in [5.74, 6) is 0. The van der Waals surface area contributed by atoms with Crippen molar-refractivity contribution in [2.75, 3.05) is 13.2 Å². The van der Waals surface area contributed by atoms with Crippen LogP contribution in [-0.2, 0) is 11.3 Å². The number of amides is 1. The summed E-state index contributed by atoms with van der Waals surface area (Å²) < 4.78 is 5.23. The minimum absolute atomic E-state index is 0.0543. The van der Waals surface area contributed by atoms with Gasteiger partial charge in [0.25, 0.3) is 0 Å². The predicted octanol–water partition coefficient (Wildman–Crippen LogP) is 3.25. The molecular formula is C17H25NO3. The topological polar surface area (TPSA) is 58.6 Å². The molecule has 0 aliphatic heterocycles. The van der Waals surface area contributed by atoms with Gasteiger partial charge in [0.1, 0.15) is 6.61 Å². The molecule has 0 bridgehead atoms. The van der Waals surface area contributed by atoms with E-state index in [2.05, 4.69) is 5.32 Å². The first kappa shape index (κ1) is 15.8. The summed E-state index contributed by atoms with van der Waals surface area (Å²) in [6, 6.07) is 9.65. The van der Waals surface area contributed by atoms with Gasteiger partial charge < -0.3 is 15.2 Å². The van der Waals surface area contributed by atoms with Crippen molar-refractivity contribution >= 4 is 6.09 Å². The van der Waals surface area contributed by atoms with E-state index in [4.69, 9.17) is 4.74 Å². The Balaban J connectivity index is 1.76. The van der Waals surface area contributed by atoms with Crippen molar-refractivity contribution in [3.63, 3.8) is 0 Å². The zero-order valence-corrected chi connectivity index (χ0v) is 12.5. The van der Waals surface area contributed by atoms with Crippen molar-refractivity contribution < 1.29 is 14.6 Å². The smallest absolute Gasteiger partial charge is 0.407 e. The molecule has 0 radical (unpaired) electrons. The number of carbonyl (C=O) groups excluding carboxylic acids is 1. The van der Waals surface area contributed by atoms with Crippen molar-refractivity contribution in [2.45, 2.75) is 45.1 Å². The molecule has 2 N–H and O–H groups in total. The van der Waals surface area contributed by atoms with Crippen molar-refractivity contribution in [3.8, 4) is 0 Å². The van der Waals surface area contributed by atoms with E-state index >= 15 is 0 Å². The summed E-state index contributed by atoms with van der Waals surface area (Å²) in [5.41, 5.74) is 1.04. The molecule has 116 valence electrons. The second kappa shape index (κ2) is 8.03. The highest BCUT2D eigenvalue weighted by atomic mass is 16.5. The Bertz CT molecular complexity index is 421. The average molecular weight is 291 g/mol. The number of hydrogen-bond donors (Lipinski definition) is 2. The zero-order valence-electron chi connectivity index (χ0n) is 12.5. The molecule has 4 nitrogen and oxygen atoms in total. The third-order valence-electron chi connectivity index (χ3n) is 4.38. The van der Waals surface area contributed by atoms with Gasteiger partial charge in [-0.15, -0.1) is 0 Å². The molecule has 1 fully saturated rings. The Morgan fingerprint density at radius 1 is 1.19 bits per heavy atom. The fourth-order valence-corrected chi connectivity index (χ4v) is 3.09. The van der Waals surface area contributed by atoms with Crippen LogP contribution in [0.3, 0.4) is 0 Å². The van der Waals surface area contributed by atoms with E-state index in [0.29, 0.717) is 13.2 Å². The highest BCUT2D eigenvalue weighted by Gasteiger charge is 2.31. The molecule has 0 unspecified atom stereocenters. The molecule has 0 aromatic heterocycles. The summed E-state index contributed by atoms with van der Waals surface area (Å²) in [7, 11) is 0. The van der Waals surface area contributed by atoms with E-state index in [1.54, 1.807) is 0 Å². The molecule has 1 aliphatic carbocycles. The minimum atomic E-state index is -0.373. The van der Waals surface area contributed by atoms with E-state index < -0.39 is 0 Å². The minimum Gasteiger partial charge on any atom is -0.445 e. The van der Waals surface area contributed by atoms with Gasteiger partial charge in [-0.05, 0) is 30.2 Å². The van der Waals surface area contributed by atoms with Crippen LogP contribution in [-0.4, -0.2) is 24.4 Å². The molecule has 1 aliphatic rings. The maximum atomic E-state index is 11.8. The number of nitrogens with one attached hydrogen (secondary N) is 1. The first-order valence-electron chi connectivity index (χ1n) is 7.80. The third kappa shape index (κ3) is 5.05. The lowest BCUT2D eigenvalue weighted by Crippen LogP contribution is -2.39. The summed E-state index contributed by atoms with van der Waals surface area (Å²) in [6.45, 7) is 1.07. The Morgan fingerprint density at radius 2 is 1.90 bits per heavy atom. The zero-order chi connectivity index (χ0) is 15.0. The molecule has 0 heterocycles. The monoisotopic (exact) mass is 291 g/mol. The summed E-state index contributed by atoms with van der Waals surface area (Å²) in [5, 5.41) is 12.1. The highest BCUT2D eigenvalue weighted by molar-refractivity contribution is 5.67. The SMILES string of the molecule is O=C(NCC1(CCO)CCCCC1)OCc1ccccc1. The van der Waals surface area contributed by atoms with E-state index in [0.717, 1.165) is 24.8 Å². The molecule has 1 amide bonds. The highest BCUT2D eigenvalue weighted by Crippen LogP contribution is 2.38. The number of alkyl carbamates (subject to hydrolysis) is 1. The summed E-state index contributed by atoms with van der Waals surface area (Å²) in [6.07, 6.45) is 6.15. The normalized spacial score (nSPS) is 17.2. The number of benzene rings is 1. The van der Waals surface area contributed by atoms with Gasteiger partial charge in [-0.1, -0.05) is 49.6 Å². The van der Waals surface area contributed by atoms with Crippen LogP contribution in [0, 0.1) is 5.41 Å². The molecule has 1 saturated carbocycles. The Morgan fingerprint density at radius 3 is 2.57 bits per heavy atom. The van der Waals surface area contributed by atoms with E-state index in [1.165, 1.54) is 19.3 Å². The largest absolute Gasteiger partial charge is 0.445 e. The third-order valence-corrected chi connectivity index (χ3v) is 4.38. The molecule has 0 spiro atoms. The van der Waals surface area contributed by atoms with E-state index in [9.17, 15) is 9.90 Å². The van der Waals surface area contributed by atoms with Gasteiger partial charge >= 0.3 is 6.09 Å². The standard InChI is InChI=1S/C17H25NO3/c19-12-11-17(9-5-2-6-10-17)14-18-16(20)21-13-15-7-3-1-4-8-15/h1,3-4,7-8,19H,2,5-6,9-14H2,(H,18,20). The average Bonchev–Trinajstić information content (AvgIpc) is 2.53. The lowest BCUT2D eigenvalue weighted by molar-refractivity contribution is 0.107. The predicted molar refractivity (Wildman–Crippen MR) is 81.9 cm³/mol. The van der Waals surface area contributed by atoms with Gasteiger partial charge in [0, 0.05) is 13.2 Å². The van der Waals surface area contributed by atoms with Crippen LogP contribution in [0.1, 0.15) is 44.1 Å². The van der Waals surface area contributed by atoms with E-state index in [1.807, 2.05) is 30.3 Å². The van der Waals surface area contributed by atoms with Gasteiger partial charge in [0.05, 0.1) is 0 Å². The Kier molecular flexibility index (Phi) is 6.05. The van der Waals surface area contributed by atoms with Crippen LogP contribution in [0.5, 0.6) is 0 Å². The van der Waals surface area contributed by atoms with Crippen LogP contribution in [0.2, 0.25) is 0 Å². The molecule has 1 aromatic rings. The van der Waals surface area contributed by atoms with Crippen molar-refractivity contribution in [1.29, 1.82) is 0 Å². The Hall–Kier alpha value is -1.55. The number of carbonyl (C=O) groups is 1. The van der Waals surface area contributed by atoms with Crippen LogP contribution < -0.4 is 5.32 Å². The molecular weight excluding hydrogens is 266 g/mol. The summed E-state index contributed by atoms with van der Waals surface area (Å²) >= 11 is 0. The first-order valence-corrected chi connectivity index (χ1v) is 7.80. The first-order chi connectivity index (χ1) is 10.2. The molecule has 1 aromatic carbocycles. The van der Waals surface area contributed by atoms with Crippen LogP contribution in [0.4, 0.5) is 4.79 Å². The van der Waals surface area contributed by atoms with Gasteiger partial charge in [-0.2, -0.15) is 0 Å². The molecule has 0 saturated heterocycles. The number of ether oxygens (including phenoxy) is 1. The summed E-state index contributed by atoms with van der Waals surface area (Å²) in [4.78, 5) is 11.8.